The number of hydrogen-bond donors (Lipinski definition) is 0. The van der Waals surface area contributed by atoms with Crippen LogP contribution in [0.15, 0.2) is 52.2 Å². The van der Waals surface area contributed by atoms with Crippen molar-refractivity contribution in [3.63, 3.8) is 0 Å². The highest BCUT2D eigenvalue weighted by Gasteiger charge is 2.24. The van der Waals surface area contributed by atoms with Crippen molar-refractivity contribution in [2.24, 2.45) is 0 Å². The van der Waals surface area contributed by atoms with Gasteiger partial charge in [-0.25, -0.2) is 0 Å². The highest BCUT2D eigenvalue weighted by molar-refractivity contribution is 8.05. The minimum absolute atomic E-state index is 1.23. The molecule has 0 atom stereocenters. The molecule has 0 N–H and O–H groups in total. The van der Waals surface area contributed by atoms with Gasteiger partial charge >= 0.3 is 0 Å². The molecule has 3 heteroatoms. The lowest BCUT2D eigenvalue weighted by atomic mass is 10.1. The lowest BCUT2D eigenvalue weighted by Crippen LogP contribution is -2.21. The average Bonchev–Trinajstić information content (AvgIpc) is 2.56. The molecule has 0 unspecified atom stereocenters. The number of aromatic nitrogens is 1. The predicted octanol–water partition coefficient (Wildman–Crippen LogP) is 5.07. The quantitative estimate of drug-likeness (QED) is 0.678. The second-order valence-electron chi connectivity index (χ2n) is 5.82. The maximum absolute atomic E-state index is 4.27. The van der Waals surface area contributed by atoms with Gasteiger partial charge in [-0.1, -0.05) is 55.7 Å². The normalized spacial score (nSPS) is 15.0. The van der Waals surface area contributed by atoms with Crippen molar-refractivity contribution in [3.8, 4) is 11.1 Å². The Balaban J connectivity index is 2.14. The molecule has 3 rings (SSSR count). The third-order valence-electron chi connectivity index (χ3n) is 3.27. The summed E-state index contributed by atoms with van der Waals surface area (Å²) >= 11 is 1.94. The first-order valence-electron chi connectivity index (χ1n) is 6.49. The first kappa shape index (κ1) is 12.7. The topological polar surface area (TPSA) is 12.9 Å². The summed E-state index contributed by atoms with van der Waals surface area (Å²) in [5.74, 6) is 0. The van der Waals surface area contributed by atoms with Crippen LogP contribution in [0, 0.1) is 0 Å². The first-order valence-corrected chi connectivity index (χ1v) is 10.8. The van der Waals surface area contributed by atoms with Gasteiger partial charge in [-0.15, -0.1) is 0 Å². The van der Waals surface area contributed by atoms with E-state index in [2.05, 4.69) is 55.0 Å². The minimum Gasteiger partial charge on any atom is -0.264 e. The second-order valence-corrected chi connectivity index (χ2v) is 12.3. The van der Waals surface area contributed by atoms with Gasteiger partial charge in [-0.05, 0) is 27.8 Å². The largest absolute Gasteiger partial charge is 0.264 e. The molecule has 1 aliphatic carbocycles. The van der Waals surface area contributed by atoms with Crippen molar-refractivity contribution < 1.29 is 0 Å². The van der Waals surface area contributed by atoms with Crippen molar-refractivity contribution in [1.82, 2.24) is 4.98 Å². The SMILES string of the molecule is C[Si](C)(C)C1=CC=Cc2c(cc3cncccc2-3)S1. The molecule has 96 valence electrons. The molecular formula is C16H17NSSi. The van der Waals surface area contributed by atoms with Gasteiger partial charge in [0, 0.05) is 22.9 Å². The van der Waals surface area contributed by atoms with E-state index < -0.39 is 8.07 Å². The molecule has 0 fully saturated rings. The lowest BCUT2D eigenvalue weighted by Gasteiger charge is -2.19. The summed E-state index contributed by atoms with van der Waals surface area (Å²) < 4.78 is 1.54. The predicted molar refractivity (Wildman–Crippen MR) is 87.2 cm³/mol. The molecule has 0 spiro atoms. The summed E-state index contributed by atoms with van der Waals surface area (Å²) in [6, 6.07) is 6.44. The number of allylic oxidation sites excluding steroid dienone is 2. The fraction of sp³-hybridized carbons (Fsp3) is 0.188. The van der Waals surface area contributed by atoms with Crippen molar-refractivity contribution >= 4 is 25.9 Å². The highest BCUT2D eigenvalue weighted by Crippen LogP contribution is 2.44. The van der Waals surface area contributed by atoms with Crippen LogP contribution < -0.4 is 0 Å². The summed E-state index contributed by atoms with van der Waals surface area (Å²) in [5.41, 5.74) is 3.85. The van der Waals surface area contributed by atoms with E-state index in [9.17, 15) is 0 Å². The van der Waals surface area contributed by atoms with Gasteiger partial charge in [0.15, 0.2) is 0 Å². The molecule has 0 amide bonds. The van der Waals surface area contributed by atoms with Gasteiger partial charge < -0.3 is 0 Å². The van der Waals surface area contributed by atoms with Crippen LogP contribution in [0.1, 0.15) is 5.56 Å². The standard InChI is InChI=1S/C16H17NSSi/c1-19(2,3)16-8-4-6-14-13-7-5-9-17-11-12(13)10-15(14)18-16/h4-11H,1-3H3. The van der Waals surface area contributed by atoms with Crippen LogP contribution in [0.5, 0.6) is 0 Å². The first-order chi connectivity index (χ1) is 9.05. The zero-order valence-corrected chi connectivity index (χ0v) is 13.3. The fourth-order valence-electron chi connectivity index (χ4n) is 2.23. The van der Waals surface area contributed by atoms with E-state index in [1.807, 2.05) is 30.2 Å². The number of nitrogens with zero attached hydrogens (tertiary/aromatic N) is 1. The highest BCUT2D eigenvalue weighted by atomic mass is 32.2. The Morgan fingerprint density at radius 2 is 2.05 bits per heavy atom. The maximum Gasteiger partial charge on any atom is 0.0862 e. The van der Waals surface area contributed by atoms with Gasteiger partial charge in [0.1, 0.15) is 0 Å². The minimum atomic E-state index is -1.26. The van der Waals surface area contributed by atoms with E-state index in [4.69, 9.17) is 0 Å². The molecule has 0 radical (unpaired) electrons. The third kappa shape index (κ3) is 2.40. The lowest BCUT2D eigenvalue weighted by molar-refractivity contribution is 1.37. The molecule has 0 aromatic carbocycles. The number of thioether (sulfide) groups is 1. The molecule has 1 nitrogen and oxygen atoms in total. The van der Waals surface area contributed by atoms with E-state index >= 15 is 0 Å². The number of fused-ring (bicyclic) bond motifs is 3. The molecular weight excluding hydrogens is 266 g/mol. The number of rotatable bonds is 1. The Bertz CT molecular complexity index is 652. The van der Waals surface area contributed by atoms with Crippen molar-refractivity contribution in [3.05, 3.63) is 52.8 Å². The Hall–Kier alpha value is -1.32. The number of hydrogen-bond acceptors (Lipinski definition) is 2. The third-order valence-corrected chi connectivity index (χ3v) is 7.97. The molecule has 19 heavy (non-hydrogen) atoms. The molecule has 3 aliphatic rings. The van der Waals surface area contributed by atoms with Gasteiger partial charge in [0.2, 0.25) is 0 Å². The summed E-state index contributed by atoms with van der Waals surface area (Å²) in [6.45, 7) is 7.19. The van der Waals surface area contributed by atoms with Crippen molar-refractivity contribution in [1.29, 1.82) is 0 Å². The Kier molecular flexibility index (Phi) is 3.11. The van der Waals surface area contributed by atoms with E-state index in [1.165, 1.54) is 26.1 Å². The summed E-state index contributed by atoms with van der Waals surface area (Å²) in [6.07, 6.45) is 10.5. The van der Waals surface area contributed by atoms with E-state index in [0.29, 0.717) is 0 Å². The van der Waals surface area contributed by atoms with E-state index in [-0.39, 0.29) is 0 Å². The van der Waals surface area contributed by atoms with E-state index in [0.717, 1.165) is 0 Å². The smallest absolute Gasteiger partial charge is 0.0862 e. The molecule has 0 saturated heterocycles. The van der Waals surface area contributed by atoms with Gasteiger partial charge in [-0.3, -0.25) is 4.98 Å². The summed E-state index contributed by atoms with van der Waals surface area (Å²) in [5, 5.41) is 0. The van der Waals surface area contributed by atoms with Crippen LogP contribution in [0.25, 0.3) is 17.2 Å². The maximum atomic E-state index is 4.27. The van der Waals surface area contributed by atoms with Crippen molar-refractivity contribution in [2.45, 2.75) is 24.5 Å². The zero-order chi connectivity index (χ0) is 13.5. The van der Waals surface area contributed by atoms with Crippen LogP contribution in [-0.2, 0) is 0 Å². The van der Waals surface area contributed by atoms with Gasteiger partial charge in [0.05, 0.1) is 8.07 Å². The van der Waals surface area contributed by atoms with Crippen LogP contribution in [0.4, 0.5) is 0 Å². The Morgan fingerprint density at radius 3 is 2.84 bits per heavy atom. The molecule has 0 bridgehead atoms. The molecule has 0 saturated carbocycles. The zero-order valence-electron chi connectivity index (χ0n) is 11.5. The van der Waals surface area contributed by atoms with Crippen molar-refractivity contribution in [2.75, 3.05) is 0 Å². The fourth-order valence-corrected chi connectivity index (χ4v) is 5.24. The second kappa shape index (κ2) is 4.65. The Labute approximate surface area is 119 Å². The van der Waals surface area contributed by atoms with Crippen LogP contribution >= 0.6 is 11.8 Å². The van der Waals surface area contributed by atoms with Crippen LogP contribution in [0.3, 0.4) is 0 Å². The molecule has 0 aromatic heterocycles. The van der Waals surface area contributed by atoms with Gasteiger partial charge in [-0.2, -0.15) is 0 Å². The average molecular weight is 283 g/mol. The van der Waals surface area contributed by atoms with E-state index in [1.54, 1.807) is 0 Å². The van der Waals surface area contributed by atoms with Crippen LogP contribution in [-0.4, -0.2) is 13.1 Å². The summed E-state index contributed by atoms with van der Waals surface area (Å²) in [4.78, 5) is 5.64. The van der Waals surface area contributed by atoms with Gasteiger partial charge in [0.25, 0.3) is 0 Å². The monoisotopic (exact) mass is 283 g/mol. The Morgan fingerprint density at radius 1 is 1.21 bits per heavy atom. The molecule has 2 aliphatic heterocycles. The summed E-state index contributed by atoms with van der Waals surface area (Å²) in [7, 11) is -1.26. The molecule has 0 aromatic rings. The van der Waals surface area contributed by atoms with Crippen LogP contribution in [0.2, 0.25) is 19.6 Å². The molecule has 2 heterocycles.